The summed E-state index contributed by atoms with van der Waals surface area (Å²) in [5, 5.41) is 2.60. The van der Waals surface area contributed by atoms with Crippen LogP contribution in [0.2, 0.25) is 0 Å². The van der Waals surface area contributed by atoms with Gasteiger partial charge in [0.1, 0.15) is 5.82 Å². The maximum absolute atomic E-state index is 13.7. The lowest BCUT2D eigenvalue weighted by Crippen LogP contribution is -2.34. The topological polar surface area (TPSA) is 58.6 Å². The van der Waals surface area contributed by atoms with Gasteiger partial charge < -0.3 is 15.0 Å². The number of urea groups is 1. The van der Waals surface area contributed by atoms with E-state index in [1.807, 2.05) is 0 Å². The number of amides is 2. The molecular weight excluding hydrogens is 307 g/mol. The van der Waals surface area contributed by atoms with Crippen LogP contribution in [0.25, 0.3) is 0 Å². The number of anilines is 1. The summed E-state index contributed by atoms with van der Waals surface area (Å²) < 4.78 is 30.4. The molecule has 0 unspecified atom stereocenters. The molecule has 0 bridgehead atoms. The van der Waals surface area contributed by atoms with Gasteiger partial charge in [0.15, 0.2) is 0 Å². The predicted molar refractivity (Wildman–Crippen MR) is 83.9 cm³/mol. The maximum Gasteiger partial charge on any atom is 0.321 e. The standard InChI is InChI=1S/C15H21FN2O3S/c1-18(7-8-21-10-11-3-4-11)15(19)17-12-5-6-14(22(2)20)13(16)9-12/h5-6,9,11H,3-4,7-8,10H2,1-2H3,(H,17,19)/t22-/m1/s1. The Morgan fingerprint density at radius 2 is 2.23 bits per heavy atom. The van der Waals surface area contributed by atoms with Crippen molar-refractivity contribution >= 4 is 22.5 Å². The Morgan fingerprint density at radius 1 is 1.50 bits per heavy atom. The number of rotatable bonds is 7. The molecule has 0 aromatic heterocycles. The van der Waals surface area contributed by atoms with Gasteiger partial charge in [0.2, 0.25) is 0 Å². The highest BCUT2D eigenvalue weighted by Gasteiger charge is 2.21. The second-order valence-corrected chi connectivity index (χ2v) is 6.82. The van der Waals surface area contributed by atoms with Gasteiger partial charge in [-0.15, -0.1) is 0 Å². The van der Waals surface area contributed by atoms with Gasteiger partial charge in [0.25, 0.3) is 0 Å². The van der Waals surface area contributed by atoms with Gasteiger partial charge in [-0.1, -0.05) is 0 Å². The normalized spacial score (nSPS) is 15.4. The highest BCUT2D eigenvalue weighted by molar-refractivity contribution is 7.84. The molecule has 2 amide bonds. The molecule has 1 atom stereocenters. The summed E-state index contributed by atoms with van der Waals surface area (Å²) in [7, 11) is 0.265. The van der Waals surface area contributed by atoms with Gasteiger partial charge in [-0.25, -0.2) is 9.18 Å². The lowest BCUT2D eigenvalue weighted by Gasteiger charge is -2.18. The molecule has 1 saturated carbocycles. The molecule has 0 spiro atoms. The fraction of sp³-hybridized carbons (Fsp3) is 0.533. The second-order valence-electron chi connectivity index (χ2n) is 5.47. The Bertz CT molecular complexity index is 564. The highest BCUT2D eigenvalue weighted by atomic mass is 32.2. The van der Waals surface area contributed by atoms with E-state index in [9.17, 15) is 13.4 Å². The van der Waals surface area contributed by atoms with Gasteiger partial charge >= 0.3 is 6.03 Å². The van der Waals surface area contributed by atoms with Crippen molar-refractivity contribution in [3.63, 3.8) is 0 Å². The molecule has 122 valence electrons. The van der Waals surface area contributed by atoms with Gasteiger partial charge in [-0.2, -0.15) is 0 Å². The van der Waals surface area contributed by atoms with Crippen LogP contribution in [0.4, 0.5) is 14.9 Å². The number of nitrogens with one attached hydrogen (secondary N) is 1. The fourth-order valence-corrected chi connectivity index (χ4v) is 2.46. The summed E-state index contributed by atoms with van der Waals surface area (Å²) >= 11 is 0. The molecule has 1 aromatic carbocycles. The average Bonchev–Trinajstić information content (AvgIpc) is 3.27. The monoisotopic (exact) mass is 328 g/mol. The van der Waals surface area contributed by atoms with Crippen molar-refractivity contribution in [3.05, 3.63) is 24.0 Å². The van der Waals surface area contributed by atoms with E-state index in [2.05, 4.69) is 5.32 Å². The third kappa shape index (κ3) is 5.06. The number of halogens is 1. The molecule has 1 aromatic rings. The first-order valence-electron chi connectivity index (χ1n) is 7.20. The Labute approximate surface area is 132 Å². The fourth-order valence-electron chi connectivity index (χ4n) is 1.87. The third-order valence-corrected chi connectivity index (χ3v) is 4.41. The summed E-state index contributed by atoms with van der Waals surface area (Å²) in [4.78, 5) is 13.6. The van der Waals surface area contributed by atoms with E-state index in [1.165, 1.54) is 42.2 Å². The minimum absolute atomic E-state index is 0.125. The zero-order valence-electron chi connectivity index (χ0n) is 12.8. The van der Waals surface area contributed by atoms with E-state index in [-0.39, 0.29) is 10.9 Å². The van der Waals surface area contributed by atoms with Crippen molar-refractivity contribution in [2.75, 3.05) is 38.4 Å². The van der Waals surface area contributed by atoms with Gasteiger partial charge in [0.05, 0.1) is 22.3 Å². The Morgan fingerprint density at radius 3 is 2.82 bits per heavy atom. The average molecular weight is 328 g/mol. The molecular formula is C15H21FN2O3S. The Hall–Kier alpha value is -1.47. The quantitative estimate of drug-likeness (QED) is 0.782. The number of carbonyl (C=O) groups is 1. The van der Waals surface area contributed by atoms with E-state index in [1.54, 1.807) is 7.05 Å². The van der Waals surface area contributed by atoms with E-state index >= 15 is 0 Å². The summed E-state index contributed by atoms with van der Waals surface area (Å²) in [6.07, 6.45) is 3.88. The van der Waals surface area contributed by atoms with Crippen molar-refractivity contribution < 1.29 is 18.1 Å². The van der Waals surface area contributed by atoms with Crippen molar-refractivity contribution in [2.45, 2.75) is 17.7 Å². The molecule has 0 radical (unpaired) electrons. The van der Waals surface area contributed by atoms with Crippen LogP contribution >= 0.6 is 0 Å². The molecule has 0 heterocycles. The van der Waals surface area contributed by atoms with Gasteiger partial charge in [0, 0.05) is 32.1 Å². The first kappa shape index (κ1) is 16.9. The number of benzene rings is 1. The number of nitrogens with zero attached hydrogens (tertiary/aromatic N) is 1. The third-order valence-electron chi connectivity index (χ3n) is 3.46. The smallest absolute Gasteiger partial charge is 0.321 e. The lowest BCUT2D eigenvalue weighted by molar-refractivity contribution is 0.109. The number of ether oxygens (including phenoxy) is 1. The molecule has 1 fully saturated rings. The Balaban J connectivity index is 1.79. The van der Waals surface area contributed by atoms with Crippen LogP contribution in [-0.2, 0) is 15.5 Å². The molecule has 7 heteroatoms. The lowest BCUT2D eigenvalue weighted by atomic mass is 10.3. The number of carbonyl (C=O) groups excluding carboxylic acids is 1. The van der Waals surface area contributed by atoms with Crippen LogP contribution in [0.5, 0.6) is 0 Å². The summed E-state index contributed by atoms with van der Waals surface area (Å²) in [6, 6.07) is 3.79. The zero-order valence-corrected chi connectivity index (χ0v) is 13.6. The molecule has 0 saturated heterocycles. The van der Waals surface area contributed by atoms with Crippen molar-refractivity contribution in [1.29, 1.82) is 0 Å². The van der Waals surface area contributed by atoms with Crippen LogP contribution in [0, 0.1) is 11.7 Å². The van der Waals surface area contributed by atoms with Crippen LogP contribution in [-0.4, -0.2) is 48.2 Å². The van der Waals surface area contributed by atoms with Crippen molar-refractivity contribution in [3.8, 4) is 0 Å². The highest BCUT2D eigenvalue weighted by Crippen LogP contribution is 2.28. The predicted octanol–water partition coefficient (Wildman–Crippen LogP) is 2.45. The van der Waals surface area contributed by atoms with Crippen LogP contribution in [0.3, 0.4) is 0 Å². The Kier molecular flexibility index (Phi) is 5.90. The second kappa shape index (κ2) is 7.69. The van der Waals surface area contributed by atoms with E-state index in [4.69, 9.17) is 4.74 Å². The minimum atomic E-state index is -1.39. The molecule has 1 aliphatic carbocycles. The summed E-state index contributed by atoms with van der Waals surface area (Å²) in [6.45, 7) is 1.72. The van der Waals surface area contributed by atoms with E-state index in [0.29, 0.717) is 24.8 Å². The summed E-state index contributed by atoms with van der Waals surface area (Å²) in [5.74, 6) is 0.110. The first-order valence-corrected chi connectivity index (χ1v) is 8.76. The van der Waals surface area contributed by atoms with Crippen LogP contribution in [0.1, 0.15) is 12.8 Å². The molecule has 2 rings (SSSR count). The molecule has 1 N–H and O–H groups in total. The van der Waals surface area contributed by atoms with Crippen molar-refractivity contribution in [1.82, 2.24) is 4.90 Å². The molecule has 22 heavy (non-hydrogen) atoms. The number of likely N-dealkylation sites (N-methyl/N-ethyl adjacent to an activating group) is 1. The zero-order chi connectivity index (χ0) is 16.1. The van der Waals surface area contributed by atoms with Gasteiger partial charge in [-0.3, -0.25) is 4.21 Å². The van der Waals surface area contributed by atoms with Crippen LogP contribution in [0.15, 0.2) is 23.1 Å². The SMILES string of the molecule is CN(CCOCC1CC1)C(=O)Nc1ccc([S@@](C)=O)c(F)c1. The summed E-state index contributed by atoms with van der Waals surface area (Å²) in [5.41, 5.74) is 0.336. The van der Waals surface area contributed by atoms with Gasteiger partial charge in [-0.05, 0) is 37.0 Å². The molecule has 5 nitrogen and oxygen atoms in total. The largest absolute Gasteiger partial charge is 0.379 e. The maximum atomic E-state index is 13.7. The van der Waals surface area contributed by atoms with Crippen LogP contribution < -0.4 is 5.32 Å². The molecule has 1 aliphatic rings. The number of hydrogen-bond acceptors (Lipinski definition) is 3. The van der Waals surface area contributed by atoms with Crippen molar-refractivity contribution in [2.24, 2.45) is 5.92 Å². The molecule has 0 aliphatic heterocycles. The number of hydrogen-bond donors (Lipinski definition) is 1. The first-order chi connectivity index (χ1) is 10.5. The van der Waals surface area contributed by atoms with E-state index in [0.717, 1.165) is 6.61 Å². The minimum Gasteiger partial charge on any atom is -0.379 e. The van der Waals surface area contributed by atoms with E-state index < -0.39 is 16.6 Å².